The fourth-order valence-corrected chi connectivity index (χ4v) is 5.14. The van der Waals surface area contributed by atoms with Crippen LogP contribution in [0.15, 0.2) is 59.8 Å². The van der Waals surface area contributed by atoms with Crippen molar-refractivity contribution >= 4 is 32.3 Å². The van der Waals surface area contributed by atoms with E-state index in [-0.39, 0.29) is 4.90 Å². The first-order valence-electron chi connectivity index (χ1n) is 8.56. The Kier molecular flexibility index (Phi) is 5.36. The van der Waals surface area contributed by atoms with Gasteiger partial charge in [-0.2, -0.15) is 0 Å². The molecule has 0 amide bonds. The van der Waals surface area contributed by atoms with Gasteiger partial charge in [-0.25, -0.2) is 12.4 Å². The second-order valence-corrected chi connectivity index (χ2v) is 11.1. The topological polar surface area (TPSA) is 87.0 Å². The first kappa shape index (κ1) is 19.9. The van der Waals surface area contributed by atoms with Gasteiger partial charge in [0.2, 0.25) is 0 Å². The van der Waals surface area contributed by atoms with Crippen molar-refractivity contribution in [3.8, 4) is 0 Å². The number of fused-ring (bicyclic) bond motifs is 1. The lowest BCUT2D eigenvalue weighted by atomic mass is 10.2. The Bertz CT molecular complexity index is 1040. The lowest BCUT2D eigenvalue weighted by Crippen LogP contribution is -2.41. The molecule has 1 aromatic carbocycles. The number of benzene rings is 1. The largest absolute Gasteiger partial charge is 0.598 e. The van der Waals surface area contributed by atoms with Gasteiger partial charge in [0.15, 0.2) is 0 Å². The van der Waals surface area contributed by atoms with Gasteiger partial charge in [-0.05, 0) is 52.0 Å². The minimum absolute atomic E-state index is 0.199. The average Bonchev–Trinajstić information content (AvgIpc) is 3.02. The molecule has 2 aromatic heterocycles. The summed E-state index contributed by atoms with van der Waals surface area (Å²) in [5.41, 5.74) is 1.05. The molecule has 0 aliphatic heterocycles. The van der Waals surface area contributed by atoms with E-state index in [1.165, 1.54) is 3.97 Å². The summed E-state index contributed by atoms with van der Waals surface area (Å²) in [5.74, 6) is 0. The predicted octanol–water partition coefficient (Wildman–Crippen LogP) is 3.39. The van der Waals surface area contributed by atoms with E-state index < -0.39 is 32.2 Å². The molecular formula is C19H23N3O3S2. The number of hydrogen-bond acceptors (Lipinski definition) is 5. The van der Waals surface area contributed by atoms with E-state index in [1.54, 1.807) is 54.9 Å². The molecular weight excluding hydrogens is 382 g/mol. The monoisotopic (exact) mass is 405 g/mol. The van der Waals surface area contributed by atoms with E-state index in [0.717, 1.165) is 0 Å². The molecule has 27 heavy (non-hydrogen) atoms. The van der Waals surface area contributed by atoms with Gasteiger partial charge in [-0.3, -0.25) is 4.98 Å². The fraction of sp³-hybridized carbons (Fsp3) is 0.316. The SMILES string of the molecule is CC(N[S@@+]([O-])C(C)(C)C)c1cc2cnccc2n1S(=O)(=O)c1ccccc1. The molecule has 0 radical (unpaired) electrons. The Morgan fingerprint density at radius 1 is 1.19 bits per heavy atom. The van der Waals surface area contributed by atoms with Crippen LogP contribution in [-0.2, 0) is 21.4 Å². The Morgan fingerprint density at radius 3 is 2.48 bits per heavy atom. The molecule has 1 N–H and O–H groups in total. The second-order valence-electron chi connectivity index (χ2n) is 7.31. The molecule has 0 saturated carbocycles. The molecule has 3 aromatic rings. The van der Waals surface area contributed by atoms with Crippen molar-refractivity contribution in [3.05, 3.63) is 60.6 Å². The molecule has 2 atom stereocenters. The number of nitrogens with one attached hydrogen (secondary N) is 1. The summed E-state index contributed by atoms with van der Waals surface area (Å²) >= 11 is -1.34. The van der Waals surface area contributed by atoms with Crippen molar-refractivity contribution in [1.82, 2.24) is 13.7 Å². The van der Waals surface area contributed by atoms with Crippen LogP contribution in [-0.4, -0.2) is 26.7 Å². The van der Waals surface area contributed by atoms with Crippen molar-refractivity contribution in [2.45, 2.75) is 43.4 Å². The minimum atomic E-state index is -3.82. The van der Waals surface area contributed by atoms with Crippen LogP contribution in [0.3, 0.4) is 0 Å². The van der Waals surface area contributed by atoms with Crippen LogP contribution in [0.5, 0.6) is 0 Å². The van der Waals surface area contributed by atoms with Gasteiger partial charge in [0.1, 0.15) is 4.75 Å². The van der Waals surface area contributed by atoms with Crippen LogP contribution < -0.4 is 4.72 Å². The molecule has 6 nitrogen and oxygen atoms in total. The Balaban J connectivity index is 2.16. The average molecular weight is 406 g/mol. The summed E-state index contributed by atoms with van der Waals surface area (Å²) in [7, 11) is -3.82. The fourth-order valence-electron chi connectivity index (χ4n) is 2.72. The zero-order chi connectivity index (χ0) is 19.8. The lowest BCUT2D eigenvalue weighted by molar-refractivity contribution is 0.527. The van der Waals surface area contributed by atoms with Crippen molar-refractivity contribution in [3.63, 3.8) is 0 Å². The van der Waals surface area contributed by atoms with Crippen LogP contribution in [0.4, 0.5) is 0 Å². The third-order valence-corrected chi connectivity index (χ3v) is 7.59. The van der Waals surface area contributed by atoms with E-state index in [1.807, 2.05) is 27.7 Å². The van der Waals surface area contributed by atoms with Crippen LogP contribution in [0, 0.1) is 0 Å². The lowest BCUT2D eigenvalue weighted by Gasteiger charge is -2.27. The van der Waals surface area contributed by atoms with Gasteiger partial charge in [-0.1, -0.05) is 18.2 Å². The van der Waals surface area contributed by atoms with Gasteiger partial charge in [0.05, 0.1) is 22.1 Å². The standard InChI is InChI=1S/C19H23N3O3S2/c1-14(21-26(23)19(2,3)4)18-12-15-13-20-11-10-17(15)22(18)27(24,25)16-8-6-5-7-9-16/h5-14,21H,1-4H3/t14?,26-/m0/s1. The Hall–Kier alpha value is -1.87. The molecule has 0 aliphatic rings. The second kappa shape index (κ2) is 7.27. The zero-order valence-electron chi connectivity index (χ0n) is 15.7. The quantitative estimate of drug-likeness (QED) is 0.658. The molecule has 0 bridgehead atoms. The number of nitrogens with zero attached hydrogens (tertiary/aromatic N) is 2. The highest BCUT2D eigenvalue weighted by molar-refractivity contribution is 7.91. The van der Waals surface area contributed by atoms with Crippen LogP contribution in [0.2, 0.25) is 0 Å². The normalized spacial score (nSPS) is 15.0. The van der Waals surface area contributed by atoms with Gasteiger partial charge >= 0.3 is 0 Å². The van der Waals surface area contributed by atoms with Crippen LogP contribution >= 0.6 is 0 Å². The third-order valence-electron chi connectivity index (χ3n) is 4.15. The van der Waals surface area contributed by atoms with Crippen molar-refractivity contribution in [2.24, 2.45) is 0 Å². The van der Waals surface area contributed by atoms with E-state index in [4.69, 9.17) is 0 Å². The first-order chi connectivity index (χ1) is 12.6. The summed E-state index contributed by atoms with van der Waals surface area (Å²) in [5, 5.41) is 0.710. The summed E-state index contributed by atoms with van der Waals surface area (Å²) in [6.45, 7) is 7.40. The highest BCUT2D eigenvalue weighted by atomic mass is 32.2. The maximum atomic E-state index is 13.4. The maximum Gasteiger partial charge on any atom is 0.268 e. The van der Waals surface area contributed by atoms with Crippen LogP contribution in [0.1, 0.15) is 39.4 Å². The van der Waals surface area contributed by atoms with E-state index in [9.17, 15) is 13.0 Å². The van der Waals surface area contributed by atoms with Crippen molar-refractivity contribution in [1.29, 1.82) is 0 Å². The first-order valence-corrected chi connectivity index (χ1v) is 11.2. The van der Waals surface area contributed by atoms with Gasteiger partial charge in [0.25, 0.3) is 10.0 Å². The predicted molar refractivity (Wildman–Crippen MR) is 108 cm³/mol. The zero-order valence-corrected chi connectivity index (χ0v) is 17.3. The Morgan fingerprint density at radius 2 is 1.85 bits per heavy atom. The Labute approximate surface area is 163 Å². The van der Waals surface area contributed by atoms with Crippen molar-refractivity contribution in [2.75, 3.05) is 0 Å². The number of aromatic nitrogens is 2. The molecule has 2 heterocycles. The number of rotatable bonds is 5. The van der Waals surface area contributed by atoms with E-state index in [2.05, 4.69) is 9.71 Å². The van der Waals surface area contributed by atoms with Crippen molar-refractivity contribution < 1.29 is 13.0 Å². The molecule has 0 aliphatic carbocycles. The molecule has 0 saturated heterocycles. The summed E-state index contributed by atoms with van der Waals surface area (Å²) in [6.07, 6.45) is 3.19. The third kappa shape index (κ3) is 3.89. The summed E-state index contributed by atoms with van der Waals surface area (Å²) in [6, 6.07) is 11.3. The summed E-state index contributed by atoms with van der Waals surface area (Å²) < 4.78 is 43.1. The highest BCUT2D eigenvalue weighted by Crippen LogP contribution is 2.30. The smallest absolute Gasteiger partial charge is 0.268 e. The highest BCUT2D eigenvalue weighted by Gasteiger charge is 2.31. The molecule has 8 heteroatoms. The molecule has 3 rings (SSSR count). The van der Waals surface area contributed by atoms with Gasteiger partial charge in [-0.15, -0.1) is 4.72 Å². The van der Waals surface area contributed by atoms with E-state index in [0.29, 0.717) is 16.6 Å². The maximum absolute atomic E-state index is 13.4. The molecule has 0 spiro atoms. The van der Waals surface area contributed by atoms with Crippen LogP contribution in [0.25, 0.3) is 10.9 Å². The van der Waals surface area contributed by atoms with Gasteiger partial charge < -0.3 is 4.55 Å². The molecule has 1 unspecified atom stereocenters. The molecule has 0 fully saturated rings. The summed E-state index contributed by atoms with van der Waals surface area (Å²) in [4.78, 5) is 4.29. The number of pyridine rings is 1. The number of hydrogen-bond donors (Lipinski definition) is 1. The van der Waals surface area contributed by atoms with Gasteiger partial charge in [0, 0.05) is 29.1 Å². The molecule has 144 valence electrons. The minimum Gasteiger partial charge on any atom is -0.598 e. The van der Waals surface area contributed by atoms with E-state index >= 15 is 0 Å².